The molecule has 0 saturated heterocycles. The Bertz CT molecular complexity index is 941. The van der Waals surface area contributed by atoms with E-state index in [2.05, 4.69) is 26.0 Å². The molecule has 0 spiro atoms. The fourth-order valence-corrected chi connectivity index (χ4v) is 2.49. The van der Waals surface area contributed by atoms with Crippen molar-refractivity contribution >= 4 is 17.6 Å². The summed E-state index contributed by atoms with van der Waals surface area (Å²) in [5.41, 5.74) is 1.51. The third-order valence-electron chi connectivity index (χ3n) is 3.86. The smallest absolute Gasteiger partial charge is 0.319 e. The molecule has 0 aliphatic rings. The molecule has 3 amide bonds. The molecule has 2 aromatic heterocycles. The number of hydrogen-bond donors (Lipinski definition) is 3. The fourth-order valence-electron chi connectivity index (χ4n) is 2.49. The molecule has 3 N–H and O–H groups in total. The Hall–Kier alpha value is -3.88. The molecule has 9 heteroatoms. The molecule has 3 aromatic rings. The molecule has 9 nitrogen and oxygen atoms in total. The molecular formula is C20H22N6O3. The summed E-state index contributed by atoms with van der Waals surface area (Å²) in [6.07, 6.45) is 5.15. The van der Waals surface area contributed by atoms with Crippen molar-refractivity contribution in [3.8, 4) is 11.6 Å². The number of ether oxygens (including phenoxy) is 1. The van der Waals surface area contributed by atoms with Gasteiger partial charge in [-0.25, -0.2) is 14.5 Å². The van der Waals surface area contributed by atoms with Crippen LogP contribution in [0.4, 0.5) is 10.5 Å². The van der Waals surface area contributed by atoms with Gasteiger partial charge in [-0.3, -0.25) is 4.79 Å². The van der Waals surface area contributed by atoms with Crippen LogP contribution in [0.3, 0.4) is 0 Å². The van der Waals surface area contributed by atoms with Gasteiger partial charge >= 0.3 is 6.03 Å². The molecule has 0 fully saturated rings. The number of pyridine rings is 1. The molecule has 150 valence electrons. The number of amides is 3. The van der Waals surface area contributed by atoms with Crippen LogP contribution < -0.4 is 20.7 Å². The van der Waals surface area contributed by atoms with Gasteiger partial charge in [0.1, 0.15) is 5.75 Å². The van der Waals surface area contributed by atoms with Gasteiger partial charge in [0.2, 0.25) is 0 Å². The van der Waals surface area contributed by atoms with Gasteiger partial charge in [0.25, 0.3) is 5.91 Å². The lowest BCUT2D eigenvalue weighted by molar-refractivity contribution is -0.122. The minimum atomic E-state index is -0.335. The maximum absolute atomic E-state index is 12.1. The SMILES string of the molecule is CCNC(=O)COc1ccc(NC(=O)NCc2ccnc(-n3cccn3)c2)cc1. The Morgan fingerprint density at radius 1 is 1.10 bits per heavy atom. The van der Waals surface area contributed by atoms with E-state index in [0.29, 0.717) is 30.3 Å². The third kappa shape index (κ3) is 6.06. The molecule has 0 saturated carbocycles. The van der Waals surface area contributed by atoms with Crippen molar-refractivity contribution in [2.45, 2.75) is 13.5 Å². The number of carbonyl (C=O) groups excluding carboxylic acids is 2. The summed E-state index contributed by atoms with van der Waals surface area (Å²) in [4.78, 5) is 27.8. The first-order valence-electron chi connectivity index (χ1n) is 9.13. The summed E-state index contributed by atoms with van der Waals surface area (Å²) >= 11 is 0. The second kappa shape index (κ2) is 9.88. The Balaban J connectivity index is 1.47. The first kappa shape index (κ1) is 19.9. The number of nitrogens with zero attached hydrogens (tertiary/aromatic N) is 3. The highest BCUT2D eigenvalue weighted by molar-refractivity contribution is 5.89. The van der Waals surface area contributed by atoms with E-state index in [1.807, 2.05) is 25.1 Å². The number of carbonyl (C=O) groups is 2. The number of hydrogen-bond acceptors (Lipinski definition) is 5. The van der Waals surface area contributed by atoms with E-state index in [1.54, 1.807) is 47.5 Å². The molecular weight excluding hydrogens is 372 g/mol. The van der Waals surface area contributed by atoms with Crippen LogP contribution in [0.15, 0.2) is 61.1 Å². The lowest BCUT2D eigenvalue weighted by Crippen LogP contribution is -2.28. The van der Waals surface area contributed by atoms with Gasteiger partial charge in [0, 0.05) is 37.4 Å². The molecule has 0 aliphatic heterocycles. The second-order valence-corrected chi connectivity index (χ2v) is 6.05. The van der Waals surface area contributed by atoms with Crippen LogP contribution in [0.2, 0.25) is 0 Å². The first-order chi connectivity index (χ1) is 14.1. The number of anilines is 1. The number of rotatable bonds is 8. The largest absolute Gasteiger partial charge is 0.484 e. The molecule has 0 unspecified atom stereocenters. The molecule has 0 atom stereocenters. The lowest BCUT2D eigenvalue weighted by atomic mass is 10.2. The maximum atomic E-state index is 12.1. The fraction of sp³-hybridized carbons (Fsp3) is 0.200. The number of urea groups is 1. The van der Waals surface area contributed by atoms with Crippen LogP contribution in [0.5, 0.6) is 5.75 Å². The van der Waals surface area contributed by atoms with E-state index in [1.165, 1.54) is 0 Å². The van der Waals surface area contributed by atoms with E-state index >= 15 is 0 Å². The van der Waals surface area contributed by atoms with E-state index in [-0.39, 0.29) is 18.5 Å². The number of likely N-dealkylation sites (N-methyl/N-ethyl adjacent to an activating group) is 1. The van der Waals surface area contributed by atoms with Crippen molar-refractivity contribution < 1.29 is 14.3 Å². The molecule has 1 aromatic carbocycles. The van der Waals surface area contributed by atoms with Gasteiger partial charge in [0.05, 0.1) is 0 Å². The average molecular weight is 394 g/mol. The summed E-state index contributed by atoms with van der Waals surface area (Å²) < 4.78 is 7.03. The minimum Gasteiger partial charge on any atom is -0.484 e. The van der Waals surface area contributed by atoms with Crippen LogP contribution in [0, 0.1) is 0 Å². The highest BCUT2D eigenvalue weighted by Gasteiger charge is 2.05. The molecule has 29 heavy (non-hydrogen) atoms. The summed E-state index contributed by atoms with van der Waals surface area (Å²) in [6, 6.07) is 11.9. The van der Waals surface area contributed by atoms with Gasteiger partial charge in [-0.05, 0) is 55.0 Å². The van der Waals surface area contributed by atoms with E-state index in [0.717, 1.165) is 5.56 Å². The zero-order chi connectivity index (χ0) is 20.5. The summed E-state index contributed by atoms with van der Waals surface area (Å²) in [7, 11) is 0. The van der Waals surface area contributed by atoms with Crippen LogP contribution in [0.25, 0.3) is 5.82 Å². The van der Waals surface area contributed by atoms with Crippen LogP contribution >= 0.6 is 0 Å². The topological polar surface area (TPSA) is 110 Å². The summed E-state index contributed by atoms with van der Waals surface area (Å²) in [5, 5.41) is 12.3. The van der Waals surface area contributed by atoms with Gasteiger partial charge in [-0.1, -0.05) is 0 Å². The van der Waals surface area contributed by atoms with Crippen LogP contribution in [-0.4, -0.2) is 39.9 Å². The zero-order valence-electron chi connectivity index (χ0n) is 16.0. The predicted molar refractivity (Wildman–Crippen MR) is 108 cm³/mol. The predicted octanol–water partition coefficient (Wildman–Crippen LogP) is 2.10. The quantitative estimate of drug-likeness (QED) is 0.542. The van der Waals surface area contributed by atoms with Crippen LogP contribution in [0.1, 0.15) is 12.5 Å². The monoisotopic (exact) mass is 394 g/mol. The van der Waals surface area contributed by atoms with Crippen molar-refractivity contribution in [1.82, 2.24) is 25.4 Å². The third-order valence-corrected chi connectivity index (χ3v) is 3.86. The molecule has 0 bridgehead atoms. The van der Waals surface area contributed by atoms with Gasteiger partial charge < -0.3 is 20.7 Å². The standard InChI is InChI=1S/C20H22N6O3/c1-2-21-19(27)14-29-17-6-4-16(5-7-17)25-20(28)23-13-15-8-10-22-18(12-15)26-11-3-9-24-26/h3-12H,2,13-14H2,1H3,(H,21,27)(H2,23,25,28). The zero-order valence-corrected chi connectivity index (χ0v) is 16.0. The highest BCUT2D eigenvalue weighted by Crippen LogP contribution is 2.15. The molecule has 0 aliphatic carbocycles. The van der Waals surface area contributed by atoms with Crippen LogP contribution in [-0.2, 0) is 11.3 Å². The Morgan fingerprint density at radius 3 is 2.66 bits per heavy atom. The van der Waals surface area contributed by atoms with Crippen molar-refractivity contribution in [2.75, 3.05) is 18.5 Å². The van der Waals surface area contributed by atoms with Crippen molar-refractivity contribution in [3.05, 3.63) is 66.6 Å². The maximum Gasteiger partial charge on any atom is 0.319 e. The Labute approximate surface area is 168 Å². The Kier molecular flexibility index (Phi) is 6.77. The molecule has 2 heterocycles. The normalized spacial score (nSPS) is 10.2. The van der Waals surface area contributed by atoms with Gasteiger partial charge in [-0.15, -0.1) is 0 Å². The number of nitrogens with one attached hydrogen (secondary N) is 3. The van der Waals surface area contributed by atoms with E-state index in [9.17, 15) is 9.59 Å². The van der Waals surface area contributed by atoms with Crippen molar-refractivity contribution in [1.29, 1.82) is 0 Å². The number of aromatic nitrogens is 3. The molecule has 0 radical (unpaired) electrons. The van der Waals surface area contributed by atoms with Gasteiger partial charge in [0.15, 0.2) is 12.4 Å². The summed E-state index contributed by atoms with van der Waals surface area (Å²) in [5.74, 6) is 1.05. The lowest BCUT2D eigenvalue weighted by Gasteiger charge is -2.10. The average Bonchev–Trinajstić information content (AvgIpc) is 3.27. The van der Waals surface area contributed by atoms with E-state index in [4.69, 9.17) is 4.74 Å². The molecule has 3 rings (SSSR count). The minimum absolute atomic E-state index is 0.0481. The first-order valence-corrected chi connectivity index (χ1v) is 9.13. The van der Waals surface area contributed by atoms with E-state index < -0.39 is 0 Å². The Morgan fingerprint density at radius 2 is 1.93 bits per heavy atom. The summed E-state index contributed by atoms with van der Waals surface area (Å²) in [6.45, 7) is 2.70. The number of benzene rings is 1. The van der Waals surface area contributed by atoms with Crippen molar-refractivity contribution in [3.63, 3.8) is 0 Å². The van der Waals surface area contributed by atoms with Gasteiger partial charge in [-0.2, -0.15) is 5.10 Å². The van der Waals surface area contributed by atoms with Crippen molar-refractivity contribution in [2.24, 2.45) is 0 Å². The highest BCUT2D eigenvalue weighted by atomic mass is 16.5. The second-order valence-electron chi connectivity index (χ2n) is 6.05.